The Hall–Kier alpha value is -2.31. The highest BCUT2D eigenvalue weighted by Gasteiger charge is 2.48. The number of alkyl halides is 3. The summed E-state index contributed by atoms with van der Waals surface area (Å²) in [5.74, 6) is -0.346. The van der Waals surface area contributed by atoms with Crippen LogP contribution in [0.25, 0.3) is 0 Å². The number of nitrogens with one attached hydrogen (secondary N) is 1. The molecular formula is C18H18F3N3O. The molecule has 0 atom stereocenters. The van der Waals surface area contributed by atoms with E-state index in [1.807, 2.05) is 0 Å². The summed E-state index contributed by atoms with van der Waals surface area (Å²) in [6.07, 6.45) is 1.39. The van der Waals surface area contributed by atoms with E-state index in [4.69, 9.17) is 0 Å². The highest BCUT2D eigenvalue weighted by atomic mass is 19.4. The molecule has 1 spiro atoms. The maximum absolute atomic E-state index is 13.1. The molecule has 1 fully saturated rings. The number of fused-ring (bicyclic) bond motifs is 2. The zero-order valence-electron chi connectivity index (χ0n) is 13.6. The fourth-order valence-electron chi connectivity index (χ4n) is 4.22. The maximum atomic E-state index is 13.1. The molecule has 4 nitrogen and oxygen atoms in total. The molecule has 25 heavy (non-hydrogen) atoms. The first-order chi connectivity index (χ1) is 11.9. The Kier molecular flexibility index (Phi) is 3.63. The summed E-state index contributed by atoms with van der Waals surface area (Å²) < 4.78 is 39.0. The minimum absolute atomic E-state index is 0.0834. The van der Waals surface area contributed by atoms with Gasteiger partial charge >= 0.3 is 6.18 Å². The number of aromatic amines is 1. The van der Waals surface area contributed by atoms with Gasteiger partial charge in [0, 0.05) is 24.2 Å². The molecule has 0 saturated heterocycles. The zero-order chi connectivity index (χ0) is 17.7. The first kappa shape index (κ1) is 16.2. The molecule has 1 aromatic carbocycles. The number of imidazole rings is 1. The van der Waals surface area contributed by atoms with Crippen molar-refractivity contribution in [1.29, 1.82) is 0 Å². The number of benzene rings is 1. The molecular weight excluding hydrogens is 331 g/mol. The van der Waals surface area contributed by atoms with Crippen LogP contribution in [0.3, 0.4) is 0 Å². The van der Waals surface area contributed by atoms with Crippen molar-refractivity contribution in [3.8, 4) is 0 Å². The highest BCUT2D eigenvalue weighted by Crippen LogP contribution is 2.47. The van der Waals surface area contributed by atoms with E-state index in [0.29, 0.717) is 13.0 Å². The standard InChI is InChI=1S/C18H18F3N3O/c19-18(20,21)13-5-3-4-12(10-13)16(25)24-9-6-14-15(23-11-22-14)17(24)7-1-2-8-17/h3-5,10-11H,1-2,6-9H2,(H,22,23). The zero-order valence-corrected chi connectivity index (χ0v) is 13.6. The number of nitrogens with zero attached hydrogens (tertiary/aromatic N) is 2. The van der Waals surface area contributed by atoms with E-state index in [0.717, 1.165) is 49.2 Å². The van der Waals surface area contributed by atoms with Gasteiger partial charge in [-0.05, 0) is 31.0 Å². The fraction of sp³-hybridized carbons (Fsp3) is 0.444. The lowest BCUT2D eigenvalue weighted by atomic mass is 9.84. The number of carbonyl (C=O) groups is 1. The predicted molar refractivity (Wildman–Crippen MR) is 84.9 cm³/mol. The fourth-order valence-corrected chi connectivity index (χ4v) is 4.22. The lowest BCUT2D eigenvalue weighted by Gasteiger charge is -2.44. The molecule has 1 aliphatic carbocycles. The number of rotatable bonds is 1. The smallest absolute Gasteiger partial charge is 0.348 e. The molecule has 7 heteroatoms. The van der Waals surface area contributed by atoms with Crippen molar-refractivity contribution >= 4 is 5.91 Å². The van der Waals surface area contributed by atoms with Crippen LogP contribution in [0.5, 0.6) is 0 Å². The SMILES string of the molecule is O=C(c1cccc(C(F)(F)F)c1)N1CCc2[nH]cnc2C12CCCC2. The summed E-state index contributed by atoms with van der Waals surface area (Å²) in [4.78, 5) is 22.4. The van der Waals surface area contributed by atoms with Crippen LogP contribution in [0.15, 0.2) is 30.6 Å². The first-order valence-corrected chi connectivity index (χ1v) is 8.44. The van der Waals surface area contributed by atoms with Crippen LogP contribution in [0, 0.1) is 0 Å². The summed E-state index contributed by atoms with van der Waals surface area (Å²) in [7, 11) is 0. The number of amides is 1. The van der Waals surface area contributed by atoms with Gasteiger partial charge in [-0.2, -0.15) is 13.2 Å². The second-order valence-corrected chi connectivity index (χ2v) is 6.75. The van der Waals surface area contributed by atoms with Crippen molar-refractivity contribution < 1.29 is 18.0 Å². The number of carbonyl (C=O) groups excluding carboxylic acids is 1. The molecule has 0 radical (unpaired) electrons. The Balaban J connectivity index is 1.73. The van der Waals surface area contributed by atoms with Crippen molar-refractivity contribution in [2.45, 2.75) is 43.8 Å². The van der Waals surface area contributed by atoms with E-state index in [-0.39, 0.29) is 11.5 Å². The normalized spacial score (nSPS) is 19.2. The Morgan fingerprint density at radius 1 is 1.24 bits per heavy atom. The van der Waals surface area contributed by atoms with E-state index in [9.17, 15) is 18.0 Å². The quantitative estimate of drug-likeness (QED) is 0.849. The number of hydrogen-bond acceptors (Lipinski definition) is 2. The highest BCUT2D eigenvalue weighted by molar-refractivity contribution is 5.95. The number of hydrogen-bond donors (Lipinski definition) is 1. The Morgan fingerprint density at radius 2 is 2.00 bits per heavy atom. The summed E-state index contributed by atoms with van der Waals surface area (Å²) in [5.41, 5.74) is 0.724. The van der Waals surface area contributed by atoms with Crippen LogP contribution in [0.1, 0.15) is 53.0 Å². The largest absolute Gasteiger partial charge is 0.416 e. The van der Waals surface area contributed by atoms with Crippen LogP contribution < -0.4 is 0 Å². The van der Waals surface area contributed by atoms with Gasteiger partial charge in [0.05, 0.1) is 23.1 Å². The van der Waals surface area contributed by atoms with Crippen LogP contribution >= 0.6 is 0 Å². The van der Waals surface area contributed by atoms with Crippen molar-refractivity contribution in [2.24, 2.45) is 0 Å². The van der Waals surface area contributed by atoms with Gasteiger partial charge < -0.3 is 9.88 Å². The molecule has 0 unspecified atom stereocenters. The van der Waals surface area contributed by atoms with Gasteiger partial charge in [0.15, 0.2) is 0 Å². The van der Waals surface area contributed by atoms with Crippen LogP contribution in [0.4, 0.5) is 13.2 Å². The van der Waals surface area contributed by atoms with Crippen molar-refractivity contribution in [2.75, 3.05) is 6.54 Å². The monoisotopic (exact) mass is 349 g/mol. The maximum Gasteiger partial charge on any atom is 0.416 e. The molecule has 0 bridgehead atoms. The number of aromatic nitrogens is 2. The number of halogens is 3. The van der Waals surface area contributed by atoms with Gasteiger partial charge in [0.2, 0.25) is 0 Å². The summed E-state index contributed by atoms with van der Waals surface area (Å²) in [6, 6.07) is 4.69. The third kappa shape index (κ3) is 2.53. The molecule has 1 amide bonds. The van der Waals surface area contributed by atoms with Gasteiger partial charge in [0.1, 0.15) is 0 Å². The molecule has 4 rings (SSSR count). The van der Waals surface area contributed by atoms with Crippen molar-refractivity contribution in [1.82, 2.24) is 14.9 Å². The van der Waals surface area contributed by atoms with Gasteiger partial charge in [-0.15, -0.1) is 0 Å². The predicted octanol–water partition coefficient (Wildman–Crippen LogP) is 3.90. The molecule has 132 valence electrons. The Bertz CT molecular complexity index is 806. The molecule has 1 aliphatic heterocycles. The van der Waals surface area contributed by atoms with E-state index >= 15 is 0 Å². The van der Waals surface area contributed by atoms with Crippen LogP contribution in [-0.4, -0.2) is 27.3 Å². The van der Waals surface area contributed by atoms with Gasteiger partial charge in [-0.1, -0.05) is 18.9 Å². The van der Waals surface area contributed by atoms with E-state index in [1.165, 1.54) is 12.1 Å². The third-order valence-electron chi connectivity index (χ3n) is 5.37. The third-order valence-corrected chi connectivity index (χ3v) is 5.37. The Morgan fingerprint density at radius 3 is 2.72 bits per heavy atom. The minimum atomic E-state index is -4.46. The molecule has 2 aromatic rings. The molecule has 1 aromatic heterocycles. The lowest BCUT2D eigenvalue weighted by Crippen LogP contribution is -2.52. The average molecular weight is 349 g/mol. The molecule has 1 saturated carbocycles. The average Bonchev–Trinajstić information content (AvgIpc) is 3.24. The lowest BCUT2D eigenvalue weighted by molar-refractivity contribution is -0.137. The molecule has 2 aliphatic rings. The number of H-pyrrole nitrogens is 1. The topological polar surface area (TPSA) is 49.0 Å². The van der Waals surface area contributed by atoms with Gasteiger partial charge in [-0.3, -0.25) is 4.79 Å². The second-order valence-electron chi connectivity index (χ2n) is 6.75. The van der Waals surface area contributed by atoms with E-state index < -0.39 is 17.3 Å². The van der Waals surface area contributed by atoms with Crippen molar-refractivity contribution in [3.63, 3.8) is 0 Å². The Labute approximate surface area is 143 Å². The molecule has 1 N–H and O–H groups in total. The van der Waals surface area contributed by atoms with Gasteiger partial charge in [-0.25, -0.2) is 4.98 Å². The van der Waals surface area contributed by atoms with Crippen LogP contribution in [0.2, 0.25) is 0 Å². The summed E-state index contributed by atoms with van der Waals surface area (Å²) in [6.45, 7) is 0.490. The van der Waals surface area contributed by atoms with E-state index in [1.54, 1.807) is 11.2 Å². The summed E-state index contributed by atoms with van der Waals surface area (Å²) in [5, 5.41) is 0. The minimum Gasteiger partial charge on any atom is -0.348 e. The van der Waals surface area contributed by atoms with Crippen LogP contribution in [-0.2, 0) is 18.1 Å². The second kappa shape index (κ2) is 5.61. The molecule has 2 heterocycles. The first-order valence-electron chi connectivity index (χ1n) is 8.44. The summed E-state index contributed by atoms with van der Waals surface area (Å²) >= 11 is 0. The van der Waals surface area contributed by atoms with Crippen molar-refractivity contribution in [3.05, 3.63) is 53.1 Å². The van der Waals surface area contributed by atoms with E-state index in [2.05, 4.69) is 9.97 Å². The van der Waals surface area contributed by atoms with Gasteiger partial charge in [0.25, 0.3) is 5.91 Å².